The van der Waals surface area contributed by atoms with Gasteiger partial charge >= 0.3 is 0 Å². The lowest BCUT2D eigenvalue weighted by Gasteiger charge is -2.11. The Balaban J connectivity index is 2.16. The molecular formula is C13H19ClN6O. The highest BCUT2D eigenvalue weighted by molar-refractivity contribution is 6.32. The highest BCUT2D eigenvalue weighted by Crippen LogP contribution is 2.18. The minimum absolute atomic E-state index is 0.133. The molecule has 7 nitrogen and oxygen atoms in total. The molecule has 3 N–H and O–H groups in total. The third kappa shape index (κ3) is 3.36. The Labute approximate surface area is 127 Å². The lowest BCUT2D eigenvalue weighted by atomic mass is 10.2. The van der Waals surface area contributed by atoms with Crippen LogP contribution in [0.3, 0.4) is 0 Å². The first kappa shape index (κ1) is 15.4. The first-order chi connectivity index (χ1) is 9.90. The molecule has 0 spiro atoms. The molecule has 0 fully saturated rings. The fourth-order valence-corrected chi connectivity index (χ4v) is 2.10. The van der Waals surface area contributed by atoms with E-state index in [0.717, 1.165) is 5.56 Å². The van der Waals surface area contributed by atoms with Gasteiger partial charge in [0.15, 0.2) is 0 Å². The predicted molar refractivity (Wildman–Crippen MR) is 83.3 cm³/mol. The summed E-state index contributed by atoms with van der Waals surface area (Å²) in [6, 6.07) is 0. The second kappa shape index (κ2) is 6.17. The average Bonchev–Trinajstić information content (AvgIpc) is 2.74. The van der Waals surface area contributed by atoms with Crippen molar-refractivity contribution < 1.29 is 0 Å². The molecule has 0 aromatic carbocycles. The van der Waals surface area contributed by atoms with Crippen LogP contribution in [0, 0.1) is 5.92 Å². The number of nitrogens with zero attached hydrogens (tertiary/aromatic N) is 4. The van der Waals surface area contributed by atoms with Crippen molar-refractivity contribution in [3.8, 4) is 0 Å². The number of nitrogens with one attached hydrogen (secondary N) is 1. The van der Waals surface area contributed by atoms with Crippen LogP contribution in [0.1, 0.15) is 19.4 Å². The van der Waals surface area contributed by atoms with Gasteiger partial charge in [-0.2, -0.15) is 10.2 Å². The molecule has 2 rings (SSSR count). The Morgan fingerprint density at radius 2 is 2.10 bits per heavy atom. The number of aromatic nitrogens is 4. The van der Waals surface area contributed by atoms with Crippen LogP contribution in [0.15, 0.2) is 17.2 Å². The van der Waals surface area contributed by atoms with Gasteiger partial charge in [-0.05, 0) is 5.92 Å². The number of nitrogen functional groups attached to an aromatic ring is 1. The average molecular weight is 311 g/mol. The van der Waals surface area contributed by atoms with Crippen LogP contribution in [0.2, 0.25) is 5.02 Å². The zero-order valence-corrected chi connectivity index (χ0v) is 13.1. The van der Waals surface area contributed by atoms with E-state index in [1.807, 2.05) is 13.8 Å². The van der Waals surface area contributed by atoms with Crippen molar-refractivity contribution >= 4 is 23.1 Å². The summed E-state index contributed by atoms with van der Waals surface area (Å²) in [5, 5.41) is 11.4. The number of hydrogen-bond donors (Lipinski definition) is 2. The van der Waals surface area contributed by atoms with Gasteiger partial charge in [0.05, 0.1) is 18.1 Å². The fraction of sp³-hybridized carbons (Fsp3) is 0.462. The number of hydrogen-bond acceptors (Lipinski definition) is 5. The van der Waals surface area contributed by atoms with Gasteiger partial charge in [-0.25, -0.2) is 4.68 Å². The summed E-state index contributed by atoms with van der Waals surface area (Å²) in [7, 11) is 1.76. The Morgan fingerprint density at radius 1 is 1.38 bits per heavy atom. The molecule has 2 heterocycles. The van der Waals surface area contributed by atoms with Gasteiger partial charge < -0.3 is 11.1 Å². The van der Waals surface area contributed by atoms with Crippen molar-refractivity contribution in [2.75, 3.05) is 11.1 Å². The van der Waals surface area contributed by atoms with Gasteiger partial charge in [-0.3, -0.25) is 9.48 Å². The third-order valence-corrected chi connectivity index (χ3v) is 3.42. The number of anilines is 2. The topological polar surface area (TPSA) is 90.8 Å². The minimum Gasteiger partial charge on any atom is -0.384 e. The van der Waals surface area contributed by atoms with Crippen LogP contribution in [0.5, 0.6) is 0 Å². The molecule has 2 aromatic heterocycles. The zero-order valence-electron chi connectivity index (χ0n) is 12.3. The van der Waals surface area contributed by atoms with Crippen LogP contribution in [-0.2, 0) is 20.1 Å². The number of rotatable bonds is 5. The van der Waals surface area contributed by atoms with E-state index in [9.17, 15) is 4.79 Å². The van der Waals surface area contributed by atoms with Crippen LogP contribution < -0.4 is 16.6 Å². The summed E-state index contributed by atoms with van der Waals surface area (Å²) in [5.41, 5.74) is 6.89. The van der Waals surface area contributed by atoms with E-state index in [-0.39, 0.29) is 10.6 Å². The first-order valence-electron chi connectivity index (χ1n) is 6.66. The number of nitrogens with two attached hydrogens (primary N) is 1. The number of halogens is 1. The van der Waals surface area contributed by atoms with E-state index >= 15 is 0 Å². The Kier molecular flexibility index (Phi) is 4.52. The standard InChI is InChI=1S/C13H19ClN6O/c1-8(2)7-20-13(21)11(14)10(6-18-20)16-4-9-5-17-19(3)12(9)15/h5-6,8,16H,4,7,15H2,1-3H3. The summed E-state index contributed by atoms with van der Waals surface area (Å²) in [4.78, 5) is 12.1. The van der Waals surface area contributed by atoms with Crippen molar-refractivity contribution in [1.29, 1.82) is 0 Å². The van der Waals surface area contributed by atoms with E-state index in [2.05, 4.69) is 15.5 Å². The molecule has 0 amide bonds. The van der Waals surface area contributed by atoms with E-state index in [4.69, 9.17) is 17.3 Å². The zero-order chi connectivity index (χ0) is 15.6. The lowest BCUT2D eigenvalue weighted by Crippen LogP contribution is -2.26. The summed E-state index contributed by atoms with van der Waals surface area (Å²) in [5.74, 6) is 0.889. The molecule has 0 saturated carbocycles. The molecular weight excluding hydrogens is 292 g/mol. The van der Waals surface area contributed by atoms with Crippen molar-refractivity contribution in [2.45, 2.75) is 26.9 Å². The van der Waals surface area contributed by atoms with Gasteiger partial charge in [0.2, 0.25) is 0 Å². The lowest BCUT2D eigenvalue weighted by molar-refractivity contribution is 0.464. The molecule has 0 atom stereocenters. The summed E-state index contributed by atoms with van der Waals surface area (Å²) in [6.45, 7) is 4.99. The van der Waals surface area contributed by atoms with Gasteiger partial charge in [0.25, 0.3) is 5.56 Å². The van der Waals surface area contributed by atoms with Crippen molar-refractivity contribution in [2.24, 2.45) is 13.0 Å². The molecule has 0 unspecified atom stereocenters. The Bertz CT molecular complexity index is 690. The predicted octanol–water partition coefficient (Wildman–Crippen LogP) is 1.48. The fourth-order valence-electron chi connectivity index (χ4n) is 1.88. The summed E-state index contributed by atoms with van der Waals surface area (Å²) < 4.78 is 2.95. The molecule has 114 valence electrons. The maximum absolute atomic E-state index is 12.1. The van der Waals surface area contributed by atoms with Gasteiger partial charge in [-0.15, -0.1) is 0 Å². The van der Waals surface area contributed by atoms with Gasteiger partial charge in [-0.1, -0.05) is 25.4 Å². The SMILES string of the molecule is CC(C)Cn1ncc(NCc2cnn(C)c2N)c(Cl)c1=O. The quantitative estimate of drug-likeness (QED) is 0.873. The molecule has 0 aliphatic heterocycles. The molecule has 0 radical (unpaired) electrons. The van der Waals surface area contributed by atoms with Gasteiger partial charge in [0.1, 0.15) is 10.8 Å². The smallest absolute Gasteiger partial charge is 0.287 e. The third-order valence-electron chi connectivity index (χ3n) is 3.06. The summed E-state index contributed by atoms with van der Waals surface area (Å²) in [6.07, 6.45) is 3.22. The second-order valence-corrected chi connectivity index (χ2v) is 5.66. The molecule has 0 aliphatic carbocycles. The molecule has 8 heteroatoms. The van der Waals surface area contributed by atoms with E-state index < -0.39 is 0 Å². The van der Waals surface area contributed by atoms with E-state index in [1.165, 1.54) is 4.68 Å². The Morgan fingerprint density at radius 3 is 2.67 bits per heavy atom. The highest BCUT2D eigenvalue weighted by atomic mass is 35.5. The normalized spacial score (nSPS) is 11.1. The monoisotopic (exact) mass is 310 g/mol. The molecule has 0 bridgehead atoms. The van der Waals surface area contributed by atoms with Crippen molar-refractivity contribution in [3.63, 3.8) is 0 Å². The molecule has 0 saturated heterocycles. The van der Waals surface area contributed by atoms with E-state index in [0.29, 0.717) is 30.5 Å². The molecule has 0 aliphatic rings. The maximum Gasteiger partial charge on any atom is 0.287 e. The minimum atomic E-state index is -0.297. The Hall–Kier alpha value is -2.02. The largest absolute Gasteiger partial charge is 0.384 e. The van der Waals surface area contributed by atoms with E-state index in [1.54, 1.807) is 24.1 Å². The second-order valence-electron chi connectivity index (χ2n) is 5.29. The highest BCUT2D eigenvalue weighted by Gasteiger charge is 2.11. The maximum atomic E-state index is 12.1. The van der Waals surface area contributed by atoms with Crippen molar-refractivity contribution in [3.05, 3.63) is 33.3 Å². The first-order valence-corrected chi connectivity index (χ1v) is 7.03. The van der Waals surface area contributed by atoms with Crippen LogP contribution in [0.4, 0.5) is 11.5 Å². The van der Waals surface area contributed by atoms with Crippen LogP contribution >= 0.6 is 11.6 Å². The molecule has 2 aromatic rings. The summed E-state index contributed by atoms with van der Waals surface area (Å²) >= 11 is 6.11. The van der Waals surface area contributed by atoms with Crippen molar-refractivity contribution in [1.82, 2.24) is 19.6 Å². The number of aryl methyl sites for hydroxylation is 1. The van der Waals surface area contributed by atoms with Crippen LogP contribution in [-0.4, -0.2) is 19.6 Å². The molecule has 21 heavy (non-hydrogen) atoms. The van der Waals surface area contributed by atoms with Crippen LogP contribution in [0.25, 0.3) is 0 Å². The van der Waals surface area contributed by atoms with Gasteiger partial charge in [0, 0.05) is 25.7 Å².